The summed E-state index contributed by atoms with van der Waals surface area (Å²) in [5, 5.41) is 12.2. The number of likely N-dealkylation sites (tertiary alicyclic amines) is 1. The molecule has 0 radical (unpaired) electrons. The second-order valence-electron chi connectivity index (χ2n) is 5.86. The van der Waals surface area contributed by atoms with Gasteiger partial charge in [0.1, 0.15) is 11.5 Å². The van der Waals surface area contributed by atoms with Crippen LogP contribution in [0.3, 0.4) is 0 Å². The van der Waals surface area contributed by atoms with Crippen LogP contribution >= 0.6 is 11.6 Å². The molecule has 2 N–H and O–H groups in total. The summed E-state index contributed by atoms with van der Waals surface area (Å²) in [7, 11) is 0. The van der Waals surface area contributed by atoms with Crippen molar-refractivity contribution in [3.8, 4) is 11.5 Å². The Hall–Kier alpha value is -1.95. The third kappa shape index (κ3) is 5.30. The first kappa shape index (κ1) is 18.4. The second-order valence-corrected chi connectivity index (χ2v) is 6.23. The Morgan fingerprint density at radius 2 is 1.96 bits per heavy atom. The van der Waals surface area contributed by atoms with Crippen LogP contribution in [0, 0.1) is 0 Å². The van der Waals surface area contributed by atoms with Crippen molar-refractivity contribution in [2.24, 2.45) is 0 Å². The Morgan fingerprint density at radius 3 is 2.54 bits per heavy atom. The van der Waals surface area contributed by atoms with Gasteiger partial charge < -0.3 is 20.1 Å². The van der Waals surface area contributed by atoms with Gasteiger partial charge in [-0.2, -0.15) is 0 Å². The summed E-state index contributed by atoms with van der Waals surface area (Å²) < 4.78 is 5.56. The number of amides is 2. The molecule has 0 spiro atoms. The molecular formula is C17H23ClN2O4. The lowest BCUT2D eigenvalue weighted by atomic mass is 10.0. The third-order valence-corrected chi connectivity index (χ3v) is 4.21. The second kappa shape index (κ2) is 8.78. The van der Waals surface area contributed by atoms with E-state index in [-0.39, 0.29) is 23.6 Å². The summed E-state index contributed by atoms with van der Waals surface area (Å²) in [4.78, 5) is 25.8. The summed E-state index contributed by atoms with van der Waals surface area (Å²) in [6.07, 6.45) is 1.18. The van der Waals surface area contributed by atoms with E-state index in [9.17, 15) is 14.7 Å². The van der Waals surface area contributed by atoms with E-state index in [0.717, 1.165) is 12.8 Å². The minimum Gasteiger partial charge on any atom is -0.508 e. The van der Waals surface area contributed by atoms with Crippen LogP contribution in [-0.4, -0.2) is 52.9 Å². The Labute approximate surface area is 146 Å². The van der Waals surface area contributed by atoms with E-state index in [4.69, 9.17) is 16.3 Å². The summed E-state index contributed by atoms with van der Waals surface area (Å²) in [5.74, 6) is 0.890. The zero-order chi connectivity index (χ0) is 17.5. The standard InChI is InChI=1S/C17H23ClN2O4/c1-12(24-15-4-2-14(21)3-5-15)17(23)19-13-7-10-20(11-8-13)16(22)6-9-18/h2-5,12-13,21H,6-11H2,1H3,(H,19,23). The van der Waals surface area contributed by atoms with Gasteiger partial charge in [0.05, 0.1) is 0 Å². The van der Waals surface area contributed by atoms with Crippen molar-refractivity contribution in [3.05, 3.63) is 24.3 Å². The maximum Gasteiger partial charge on any atom is 0.260 e. The molecule has 1 aliphatic heterocycles. The average Bonchev–Trinajstić information content (AvgIpc) is 2.57. The number of carbonyl (C=O) groups is 2. The average molecular weight is 355 g/mol. The lowest BCUT2D eigenvalue weighted by molar-refractivity contribution is -0.132. The first-order chi connectivity index (χ1) is 11.5. The maximum atomic E-state index is 12.2. The molecule has 6 nitrogen and oxygen atoms in total. The van der Waals surface area contributed by atoms with Crippen LogP contribution in [0.2, 0.25) is 0 Å². The van der Waals surface area contributed by atoms with Gasteiger partial charge >= 0.3 is 0 Å². The summed E-state index contributed by atoms with van der Waals surface area (Å²) in [5.41, 5.74) is 0. The van der Waals surface area contributed by atoms with Crippen LogP contribution in [0.1, 0.15) is 26.2 Å². The number of phenolic OH excluding ortho intramolecular Hbond substituents is 1. The molecular weight excluding hydrogens is 332 g/mol. The number of halogens is 1. The number of alkyl halides is 1. The van der Waals surface area contributed by atoms with E-state index in [1.165, 1.54) is 12.1 Å². The van der Waals surface area contributed by atoms with Crippen LogP contribution < -0.4 is 10.1 Å². The molecule has 24 heavy (non-hydrogen) atoms. The molecule has 1 fully saturated rings. The zero-order valence-electron chi connectivity index (χ0n) is 13.7. The fourth-order valence-electron chi connectivity index (χ4n) is 2.61. The van der Waals surface area contributed by atoms with Gasteiger partial charge in [-0.15, -0.1) is 11.6 Å². The number of hydrogen-bond acceptors (Lipinski definition) is 4. The molecule has 0 aliphatic carbocycles. The van der Waals surface area contributed by atoms with Crippen molar-refractivity contribution in [1.29, 1.82) is 0 Å². The highest BCUT2D eigenvalue weighted by atomic mass is 35.5. The lowest BCUT2D eigenvalue weighted by Gasteiger charge is -2.32. The quantitative estimate of drug-likeness (QED) is 0.765. The van der Waals surface area contributed by atoms with Gasteiger partial charge in [-0.3, -0.25) is 9.59 Å². The van der Waals surface area contributed by atoms with Gasteiger partial charge in [0.2, 0.25) is 5.91 Å². The van der Waals surface area contributed by atoms with Crippen LogP contribution in [0.5, 0.6) is 11.5 Å². The monoisotopic (exact) mass is 354 g/mol. The van der Waals surface area contributed by atoms with Crippen molar-refractivity contribution in [1.82, 2.24) is 10.2 Å². The Morgan fingerprint density at radius 1 is 1.33 bits per heavy atom. The molecule has 2 amide bonds. The fraction of sp³-hybridized carbons (Fsp3) is 0.529. The summed E-state index contributed by atoms with van der Waals surface area (Å²) in [6.45, 7) is 2.95. The Bertz CT molecular complexity index is 556. The van der Waals surface area contributed by atoms with Crippen molar-refractivity contribution in [2.75, 3.05) is 19.0 Å². The van der Waals surface area contributed by atoms with Crippen LogP contribution in [0.15, 0.2) is 24.3 Å². The maximum absolute atomic E-state index is 12.2. The van der Waals surface area contributed by atoms with Crippen LogP contribution in [0.4, 0.5) is 0 Å². The number of benzene rings is 1. The van der Waals surface area contributed by atoms with E-state index in [0.29, 0.717) is 31.1 Å². The van der Waals surface area contributed by atoms with E-state index in [1.54, 1.807) is 24.0 Å². The fourth-order valence-corrected chi connectivity index (χ4v) is 2.77. The Balaban J connectivity index is 1.76. The number of rotatable bonds is 6. The number of piperidine rings is 1. The number of aromatic hydroxyl groups is 1. The normalized spacial score (nSPS) is 16.5. The smallest absolute Gasteiger partial charge is 0.260 e. The van der Waals surface area contributed by atoms with Crippen LogP contribution in [-0.2, 0) is 9.59 Å². The van der Waals surface area contributed by atoms with Gasteiger partial charge in [0.25, 0.3) is 5.91 Å². The highest BCUT2D eigenvalue weighted by molar-refractivity contribution is 6.18. The SMILES string of the molecule is CC(Oc1ccc(O)cc1)C(=O)NC1CCN(C(=O)CCCl)CC1. The van der Waals surface area contributed by atoms with E-state index in [2.05, 4.69) is 5.32 Å². The molecule has 0 bridgehead atoms. The van der Waals surface area contributed by atoms with Gasteiger partial charge in [-0.1, -0.05) is 0 Å². The molecule has 0 aromatic heterocycles. The molecule has 1 aromatic rings. The van der Waals surface area contributed by atoms with E-state index >= 15 is 0 Å². The molecule has 1 aromatic carbocycles. The topological polar surface area (TPSA) is 78.9 Å². The first-order valence-electron chi connectivity index (χ1n) is 8.09. The molecule has 1 aliphatic rings. The Kier molecular flexibility index (Phi) is 6.73. The van der Waals surface area contributed by atoms with Gasteiger partial charge in [0, 0.05) is 31.4 Å². The van der Waals surface area contributed by atoms with Crippen molar-refractivity contribution in [2.45, 2.75) is 38.3 Å². The van der Waals surface area contributed by atoms with E-state index < -0.39 is 6.10 Å². The number of nitrogens with one attached hydrogen (secondary N) is 1. The minimum atomic E-state index is -0.634. The van der Waals surface area contributed by atoms with Crippen LogP contribution in [0.25, 0.3) is 0 Å². The molecule has 1 atom stereocenters. The highest BCUT2D eigenvalue weighted by Gasteiger charge is 2.25. The molecule has 2 rings (SSSR count). The predicted octanol–water partition coefficient (Wildman–Crippen LogP) is 1.90. The van der Waals surface area contributed by atoms with Crippen molar-refractivity contribution in [3.63, 3.8) is 0 Å². The van der Waals surface area contributed by atoms with Crippen molar-refractivity contribution >= 4 is 23.4 Å². The molecule has 1 saturated heterocycles. The van der Waals surface area contributed by atoms with Crippen molar-refractivity contribution < 1.29 is 19.4 Å². The number of carbonyl (C=O) groups excluding carboxylic acids is 2. The number of phenols is 1. The molecule has 132 valence electrons. The predicted molar refractivity (Wildman–Crippen MR) is 91.3 cm³/mol. The van der Waals surface area contributed by atoms with Gasteiger partial charge in [-0.25, -0.2) is 0 Å². The van der Waals surface area contributed by atoms with Gasteiger partial charge in [0.15, 0.2) is 6.10 Å². The first-order valence-corrected chi connectivity index (χ1v) is 8.63. The molecule has 1 unspecified atom stereocenters. The van der Waals surface area contributed by atoms with E-state index in [1.807, 2.05) is 0 Å². The number of nitrogens with zero attached hydrogens (tertiary/aromatic N) is 1. The number of ether oxygens (including phenoxy) is 1. The lowest BCUT2D eigenvalue weighted by Crippen LogP contribution is -2.49. The molecule has 0 saturated carbocycles. The molecule has 1 heterocycles. The summed E-state index contributed by atoms with van der Waals surface area (Å²) >= 11 is 5.59. The molecule has 7 heteroatoms. The zero-order valence-corrected chi connectivity index (χ0v) is 14.5. The largest absolute Gasteiger partial charge is 0.508 e. The summed E-state index contributed by atoms with van der Waals surface area (Å²) in [6, 6.07) is 6.28. The van der Waals surface area contributed by atoms with Gasteiger partial charge in [-0.05, 0) is 44.0 Å². The minimum absolute atomic E-state index is 0.0448. The number of hydrogen-bond donors (Lipinski definition) is 2. The highest BCUT2D eigenvalue weighted by Crippen LogP contribution is 2.17. The third-order valence-electron chi connectivity index (χ3n) is 4.02.